The van der Waals surface area contributed by atoms with Crippen molar-refractivity contribution in [1.29, 1.82) is 0 Å². The highest BCUT2D eigenvalue weighted by molar-refractivity contribution is 6.20. The van der Waals surface area contributed by atoms with Crippen LogP contribution in [0.25, 0.3) is 11.0 Å². The number of aliphatic hydroxyl groups excluding tert-OH is 1. The lowest BCUT2D eigenvalue weighted by molar-refractivity contribution is -0.117. The summed E-state index contributed by atoms with van der Waals surface area (Å²) in [5.41, 5.74) is 1.55. The number of furan rings is 1. The Hall–Kier alpha value is -4.52. The van der Waals surface area contributed by atoms with Crippen LogP contribution < -0.4 is 14.4 Å². The van der Waals surface area contributed by atoms with Crippen molar-refractivity contribution in [3.05, 3.63) is 102 Å². The van der Waals surface area contributed by atoms with Crippen LogP contribution in [0, 0.1) is 0 Å². The first-order valence-electron chi connectivity index (χ1n) is 11.6. The quantitative estimate of drug-likeness (QED) is 0.324. The van der Waals surface area contributed by atoms with Crippen LogP contribution in [0.2, 0.25) is 0 Å². The number of hydrogen-bond donors (Lipinski definition) is 1. The highest BCUT2D eigenvalue weighted by Crippen LogP contribution is 2.43. The average molecular weight is 484 g/mol. The number of Topliss-reactive ketones (excluding diaryl/α,β-unsaturated/α-hetero) is 1. The van der Waals surface area contributed by atoms with Gasteiger partial charge in [-0.2, -0.15) is 0 Å². The minimum atomic E-state index is -0.865. The monoisotopic (exact) mass is 483 g/mol. The van der Waals surface area contributed by atoms with Crippen molar-refractivity contribution in [2.45, 2.75) is 26.0 Å². The molecule has 3 aromatic carbocycles. The third-order valence-corrected chi connectivity index (χ3v) is 6.01. The van der Waals surface area contributed by atoms with Gasteiger partial charge in [0.15, 0.2) is 22.9 Å². The fourth-order valence-corrected chi connectivity index (χ4v) is 4.45. The summed E-state index contributed by atoms with van der Waals surface area (Å²) in [4.78, 5) is 28.5. The molecule has 0 aliphatic carbocycles. The Morgan fingerprint density at radius 2 is 1.72 bits per heavy atom. The number of nitrogens with zero attached hydrogens (tertiary/aromatic N) is 1. The van der Waals surface area contributed by atoms with Gasteiger partial charge in [0.05, 0.1) is 24.8 Å². The molecule has 2 heterocycles. The van der Waals surface area contributed by atoms with Crippen molar-refractivity contribution in [1.82, 2.24) is 0 Å². The van der Waals surface area contributed by atoms with Gasteiger partial charge in [-0.15, -0.1) is 0 Å². The molecule has 0 bridgehead atoms. The number of ether oxygens (including phenoxy) is 2. The summed E-state index contributed by atoms with van der Waals surface area (Å²) < 4.78 is 17.0. The molecular weight excluding hydrogens is 458 g/mol. The molecule has 1 aliphatic rings. The summed E-state index contributed by atoms with van der Waals surface area (Å²) in [6.07, 6.45) is -0.00381. The number of anilines is 1. The number of carbonyl (C=O) groups is 2. The second kappa shape index (κ2) is 9.26. The van der Waals surface area contributed by atoms with E-state index in [0.717, 1.165) is 0 Å². The lowest BCUT2D eigenvalue weighted by Gasteiger charge is -2.27. The Kier molecular flexibility index (Phi) is 5.98. The maximum atomic E-state index is 13.8. The maximum Gasteiger partial charge on any atom is 0.294 e. The van der Waals surface area contributed by atoms with Gasteiger partial charge in [-0.3, -0.25) is 14.5 Å². The Labute approximate surface area is 208 Å². The van der Waals surface area contributed by atoms with Gasteiger partial charge in [0.2, 0.25) is 5.78 Å². The van der Waals surface area contributed by atoms with Gasteiger partial charge in [-0.05, 0) is 55.8 Å². The van der Waals surface area contributed by atoms with Crippen LogP contribution in [0.5, 0.6) is 11.5 Å². The van der Waals surface area contributed by atoms with E-state index in [1.54, 1.807) is 72.8 Å². The van der Waals surface area contributed by atoms with Crippen LogP contribution in [-0.4, -0.2) is 30.0 Å². The van der Waals surface area contributed by atoms with Crippen molar-refractivity contribution < 1.29 is 28.6 Å². The smallest absolute Gasteiger partial charge is 0.294 e. The predicted molar refractivity (Wildman–Crippen MR) is 136 cm³/mol. The molecule has 0 fully saturated rings. The SMILES string of the molecule is COc1cccc2cc(C(=O)C3=C(O)C(=O)N(c4ccccc4)C3c3ccc(OC(C)C)cc3)oc12. The third-order valence-electron chi connectivity index (χ3n) is 6.01. The van der Waals surface area contributed by atoms with Gasteiger partial charge in [-0.1, -0.05) is 42.5 Å². The van der Waals surface area contributed by atoms with Gasteiger partial charge < -0.3 is 19.0 Å². The highest BCUT2D eigenvalue weighted by atomic mass is 16.5. The van der Waals surface area contributed by atoms with Crippen LogP contribution in [0.1, 0.15) is 36.0 Å². The van der Waals surface area contributed by atoms with Crippen molar-refractivity contribution in [2.75, 3.05) is 12.0 Å². The molecule has 1 amide bonds. The zero-order chi connectivity index (χ0) is 25.4. The number of aliphatic hydroxyl groups is 1. The van der Waals surface area contributed by atoms with E-state index in [-0.39, 0.29) is 17.4 Å². The Balaban J connectivity index is 1.62. The Bertz CT molecular complexity index is 1470. The van der Waals surface area contributed by atoms with E-state index in [0.29, 0.717) is 33.7 Å². The van der Waals surface area contributed by atoms with Gasteiger partial charge in [0, 0.05) is 11.1 Å². The van der Waals surface area contributed by atoms with E-state index in [4.69, 9.17) is 13.9 Å². The first kappa shape index (κ1) is 23.2. The fourth-order valence-electron chi connectivity index (χ4n) is 4.45. The number of amides is 1. The summed E-state index contributed by atoms with van der Waals surface area (Å²) >= 11 is 0. The largest absolute Gasteiger partial charge is 0.503 e. The van der Waals surface area contributed by atoms with E-state index in [1.165, 1.54) is 12.0 Å². The molecule has 5 rings (SSSR count). The van der Waals surface area contributed by atoms with E-state index in [1.807, 2.05) is 19.9 Å². The molecule has 36 heavy (non-hydrogen) atoms. The number of fused-ring (bicyclic) bond motifs is 1. The normalized spacial score (nSPS) is 15.7. The molecule has 1 unspecified atom stereocenters. The number of ketones is 1. The summed E-state index contributed by atoms with van der Waals surface area (Å²) in [5, 5.41) is 11.7. The van der Waals surface area contributed by atoms with Gasteiger partial charge in [0.25, 0.3) is 5.91 Å². The number of methoxy groups -OCH3 is 1. The fraction of sp³-hybridized carbons (Fsp3) is 0.172. The highest BCUT2D eigenvalue weighted by Gasteiger charge is 2.45. The zero-order valence-electron chi connectivity index (χ0n) is 20.1. The average Bonchev–Trinajstić information content (AvgIpc) is 3.43. The molecule has 0 spiro atoms. The molecule has 7 nitrogen and oxygen atoms in total. The number of benzene rings is 3. The molecule has 1 N–H and O–H groups in total. The summed E-state index contributed by atoms with van der Waals surface area (Å²) in [5.74, 6) is -0.701. The maximum absolute atomic E-state index is 13.8. The summed E-state index contributed by atoms with van der Waals surface area (Å²) in [6, 6.07) is 22.1. The van der Waals surface area contributed by atoms with E-state index in [2.05, 4.69) is 0 Å². The van der Waals surface area contributed by atoms with Crippen molar-refractivity contribution >= 4 is 28.3 Å². The lowest BCUT2D eigenvalue weighted by Crippen LogP contribution is -2.31. The van der Waals surface area contributed by atoms with Gasteiger partial charge in [-0.25, -0.2) is 0 Å². The number of carbonyl (C=O) groups excluding carboxylic acids is 2. The predicted octanol–water partition coefficient (Wildman–Crippen LogP) is 6.01. The molecule has 7 heteroatoms. The number of hydrogen-bond acceptors (Lipinski definition) is 6. The summed E-state index contributed by atoms with van der Waals surface area (Å²) in [6.45, 7) is 3.86. The van der Waals surface area contributed by atoms with Crippen molar-refractivity contribution in [3.8, 4) is 11.5 Å². The minimum Gasteiger partial charge on any atom is -0.503 e. The Morgan fingerprint density at radius 1 is 1.00 bits per heavy atom. The lowest BCUT2D eigenvalue weighted by atomic mass is 9.94. The van der Waals surface area contributed by atoms with Crippen LogP contribution in [-0.2, 0) is 4.79 Å². The molecule has 0 saturated carbocycles. The Morgan fingerprint density at radius 3 is 2.39 bits per heavy atom. The van der Waals surface area contributed by atoms with Gasteiger partial charge in [0.1, 0.15) is 5.75 Å². The topological polar surface area (TPSA) is 89.2 Å². The molecule has 182 valence electrons. The summed E-state index contributed by atoms with van der Waals surface area (Å²) in [7, 11) is 1.52. The van der Waals surface area contributed by atoms with E-state index in [9.17, 15) is 14.7 Å². The minimum absolute atomic E-state index is 0.00326. The first-order valence-corrected chi connectivity index (χ1v) is 11.6. The number of para-hydroxylation sites is 2. The third kappa shape index (κ3) is 3.98. The van der Waals surface area contributed by atoms with E-state index < -0.39 is 23.5 Å². The molecule has 1 atom stereocenters. The van der Waals surface area contributed by atoms with E-state index >= 15 is 0 Å². The molecular formula is C29H25NO6. The van der Waals surface area contributed by atoms with Crippen molar-refractivity contribution in [2.24, 2.45) is 0 Å². The van der Waals surface area contributed by atoms with Crippen LogP contribution in [0.3, 0.4) is 0 Å². The first-order chi connectivity index (χ1) is 17.4. The van der Waals surface area contributed by atoms with Crippen LogP contribution >= 0.6 is 0 Å². The molecule has 0 radical (unpaired) electrons. The second-order valence-electron chi connectivity index (χ2n) is 8.73. The molecule has 1 aliphatic heterocycles. The number of rotatable bonds is 7. The van der Waals surface area contributed by atoms with Crippen molar-refractivity contribution in [3.63, 3.8) is 0 Å². The molecule has 0 saturated heterocycles. The zero-order valence-corrected chi connectivity index (χ0v) is 20.1. The second-order valence-corrected chi connectivity index (χ2v) is 8.73. The van der Waals surface area contributed by atoms with Gasteiger partial charge >= 0.3 is 0 Å². The van der Waals surface area contributed by atoms with Crippen LogP contribution in [0.15, 0.2) is 94.6 Å². The molecule has 1 aromatic heterocycles. The molecule has 4 aromatic rings. The van der Waals surface area contributed by atoms with Crippen LogP contribution in [0.4, 0.5) is 5.69 Å². The standard InChI is InChI=1S/C29H25NO6/c1-17(2)35-21-14-12-18(13-15-21)25-24(27(32)29(33)30(25)20-9-5-4-6-10-20)26(31)23-16-19-8-7-11-22(34-3)28(19)36-23/h4-17,25,32H,1-3H3.